The fourth-order valence-corrected chi connectivity index (χ4v) is 1.63. The largest absolute Gasteiger partial charge is 0.507 e. The van der Waals surface area contributed by atoms with Gasteiger partial charge in [-0.25, -0.2) is 0 Å². The van der Waals surface area contributed by atoms with Crippen LogP contribution in [-0.4, -0.2) is 11.3 Å². The maximum atomic E-state index is 9.85. The van der Waals surface area contributed by atoms with Crippen molar-refractivity contribution >= 4 is 11.9 Å². The highest BCUT2D eigenvalue weighted by Gasteiger charge is 2.00. The Balaban J connectivity index is 2.33. The van der Waals surface area contributed by atoms with Gasteiger partial charge in [-0.15, -0.1) is 0 Å². The van der Waals surface area contributed by atoms with Gasteiger partial charge in [-0.3, -0.25) is 4.99 Å². The van der Waals surface area contributed by atoms with E-state index in [9.17, 15) is 5.11 Å². The molecule has 0 aromatic heterocycles. The molecule has 0 amide bonds. The van der Waals surface area contributed by atoms with Gasteiger partial charge in [0, 0.05) is 11.8 Å². The van der Waals surface area contributed by atoms with Crippen molar-refractivity contribution in [1.82, 2.24) is 0 Å². The van der Waals surface area contributed by atoms with Gasteiger partial charge >= 0.3 is 0 Å². The van der Waals surface area contributed by atoms with Crippen molar-refractivity contribution in [2.75, 3.05) is 0 Å². The first-order valence-electron chi connectivity index (χ1n) is 5.57. The van der Waals surface area contributed by atoms with Gasteiger partial charge in [0.15, 0.2) is 0 Å². The molecule has 0 aliphatic carbocycles. The van der Waals surface area contributed by atoms with Crippen molar-refractivity contribution in [1.29, 1.82) is 0 Å². The number of nitrogens with zero attached hydrogens (tertiary/aromatic N) is 1. The van der Waals surface area contributed by atoms with E-state index in [1.165, 1.54) is 0 Å². The van der Waals surface area contributed by atoms with Crippen LogP contribution >= 0.6 is 0 Å². The van der Waals surface area contributed by atoms with Crippen LogP contribution in [-0.2, 0) is 0 Å². The van der Waals surface area contributed by atoms with Gasteiger partial charge in [-0.05, 0) is 37.1 Å². The molecule has 2 heteroatoms. The second-order valence-corrected chi connectivity index (χ2v) is 4.06. The summed E-state index contributed by atoms with van der Waals surface area (Å²) in [6.45, 7) is 3.89. The van der Waals surface area contributed by atoms with Crippen molar-refractivity contribution in [3.8, 4) is 5.75 Å². The zero-order chi connectivity index (χ0) is 12.3. The standard InChI is InChI=1S/C15H15NO/c1-11-6-3-4-9-14(11)16-10-13-8-5-7-12(2)15(13)17/h3-10,17H,1-2H3/b16-10+. The second kappa shape index (κ2) is 4.83. The van der Waals surface area contributed by atoms with Crippen LogP contribution in [0.3, 0.4) is 0 Å². The molecule has 0 heterocycles. The molecule has 1 N–H and O–H groups in total. The third-order valence-corrected chi connectivity index (χ3v) is 2.73. The summed E-state index contributed by atoms with van der Waals surface area (Å²) in [6, 6.07) is 13.6. The maximum Gasteiger partial charge on any atom is 0.127 e. The molecule has 0 aliphatic rings. The monoisotopic (exact) mass is 225 g/mol. The predicted octanol–water partition coefficient (Wildman–Crippen LogP) is 3.76. The molecule has 0 atom stereocenters. The van der Waals surface area contributed by atoms with Gasteiger partial charge in [0.1, 0.15) is 5.75 Å². The number of hydrogen-bond donors (Lipinski definition) is 1. The fourth-order valence-electron chi connectivity index (χ4n) is 1.63. The Morgan fingerprint density at radius 2 is 1.65 bits per heavy atom. The van der Waals surface area contributed by atoms with E-state index in [4.69, 9.17) is 0 Å². The molecule has 2 aromatic carbocycles. The zero-order valence-electron chi connectivity index (χ0n) is 10.0. The highest BCUT2D eigenvalue weighted by atomic mass is 16.3. The minimum Gasteiger partial charge on any atom is -0.507 e. The fraction of sp³-hybridized carbons (Fsp3) is 0.133. The average molecular weight is 225 g/mol. The highest BCUT2D eigenvalue weighted by molar-refractivity contribution is 5.86. The number of aryl methyl sites for hydroxylation is 2. The van der Waals surface area contributed by atoms with Crippen molar-refractivity contribution in [2.24, 2.45) is 4.99 Å². The predicted molar refractivity (Wildman–Crippen MR) is 71.3 cm³/mol. The van der Waals surface area contributed by atoms with Crippen LogP contribution in [0.5, 0.6) is 5.75 Å². The number of phenolic OH excluding ortho intramolecular Hbond substituents is 1. The topological polar surface area (TPSA) is 32.6 Å². The summed E-state index contributed by atoms with van der Waals surface area (Å²) in [4.78, 5) is 4.39. The molecule has 0 radical (unpaired) electrons. The van der Waals surface area contributed by atoms with Crippen molar-refractivity contribution < 1.29 is 5.11 Å². The molecular formula is C15H15NO. The van der Waals surface area contributed by atoms with Crippen molar-refractivity contribution in [3.05, 3.63) is 59.2 Å². The summed E-state index contributed by atoms with van der Waals surface area (Å²) < 4.78 is 0. The molecule has 2 aromatic rings. The van der Waals surface area contributed by atoms with Crippen molar-refractivity contribution in [3.63, 3.8) is 0 Å². The molecule has 86 valence electrons. The lowest BCUT2D eigenvalue weighted by Crippen LogP contribution is -1.85. The summed E-state index contributed by atoms with van der Waals surface area (Å²) in [5.74, 6) is 0.296. The van der Waals surface area contributed by atoms with E-state index in [1.54, 1.807) is 6.21 Å². The van der Waals surface area contributed by atoms with Crippen LogP contribution in [0.1, 0.15) is 16.7 Å². The van der Waals surface area contributed by atoms with Crippen LogP contribution < -0.4 is 0 Å². The quantitative estimate of drug-likeness (QED) is 0.775. The van der Waals surface area contributed by atoms with Gasteiger partial charge in [0.25, 0.3) is 0 Å². The Morgan fingerprint density at radius 1 is 0.941 bits per heavy atom. The molecule has 0 spiro atoms. The minimum absolute atomic E-state index is 0.296. The number of benzene rings is 2. The Labute approximate surface area is 101 Å². The average Bonchev–Trinajstić information content (AvgIpc) is 2.33. The molecule has 17 heavy (non-hydrogen) atoms. The van der Waals surface area contributed by atoms with Gasteiger partial charge < -0.3 is 5.11 Å². The Hall–Kier alpha value is -2.09. The zero-order valence-corrected chi connectivity index (χ0v) is 10.0. The molecule has 0 unspecified atom stereocenters. The van der Waals surface area contributed by atoms with E-state index in [0.717, 1.165) is 22.4 Å². The molecule has 0 bridgehead atoms. The summed E-state index contributed by atoms with van der Waals surface area (Å²) in [7, 11) is 0. The smallest absolute Gasteiger partial charge is 0.127 e. The molecule has 2 nitrogen and oxygen atoms in total. The van der Waals surface area contributed by atoms with Crippen molar-refractivity contribution in [2.45, 2.75) is 13.8 Å². The second-order valence-electron chi connectivity index (χ2n) is 4.06. The molecule has 2 rings (SSSR count). The van der Waals surface area contributed by atoms with Crippen LogP contribution in [0, 0.1) is 13.8 Å². The molecule has 0 saturated carbocycles. The molecular weight excluding hydrogens is 210 g/mol. The Bertz CT molecular complexity index is 559. The van der Waals surface area contributed by atoms with E-state index in [0.29, 0.717) is 5.75 Å². The van der Waals surface area contributed by atoms with E-state index in [-0.39, 0.29) is 0 Å². The number of hydrogen-bond acceptors (Lipinski definition) is 2. The number of aliphatic imine (C=N–C) groups is 1. The Kier molecular flexibility index (Phi) is 3.24. The summed E-state index contributed by atoms with van der Waals surface area (Å²) in [6.07, 6.45) is 1.70. The van der Waals surface area contributed by atoms with Crippen LogP contribution in [0.4, 0.5) is 5.69 Å². The minimum atomic E-state index is 0.296. The molecule has 0 fully saturated rings. The lowest BCUT2D eigenvalue weighted by Gasteiger charge is -2.02. The van der Waals surface area contributed by atoms with Gasteiger partial charge in [0.2, 0.25) is 0 Å². The number of para-hydroxylation sites is 2. The summed E-state index contributed by atoms with van der Waals surface area (Å²) in [5, 5.41) is 9.85. The number of phenols is 1. The van der Waals surface area contributed by atoms with Crippen LogP contribution in [0.2, 0.25) is 0 Å². The van der Waals surface area contributed by atoms with E-state index >= 15 is 0 Å². The Morgan fingerprint density at radius 3 is 2.41 bits per heavy atom. The summed E-state index contributed by atoms with van der Waals surface area (Å²) >= 11 is 0. The maximum absolute atomic E-state index is 9.85. The normalized spacial score (nSPS) is 10.9. The number of rotatable bonds is 2. The third-order valence-electron chi connectivity index (χ3n) is 2.73. The summed E-state index contributed by atoms with van der Waals surface area (Å²) in [5.41, 5.74) is 3.65. The van der Waals surface area contributed by atoms with Gasteiger partial charge in [-0.1, -0.05) is 30.3 Å². The van der Waals surface area contributed by atoms with Gasteiger partial charge in [-0.2, -0.15) is 0 Å². The number of aromatic hydroxyl groups is 1. The highest BCUT2D eigenvalue weighted by Crippen LogP contribution is 2.22. The molecule has 0 aliphatic heterocycles. The van der Waals surface area contributed by atoms with Crippen LogP contribution in [0.25, 0.3) is 0 Å². The van der Waals surface area contributed by atoms with E-state index < -0.39 is 0 Å². The van der Waals surface area contributed by atoms with Gasteiger partial charge in [0.05, 0.1) is 5.69 Å². The lowest BCUT2D eigenvalue weighted by molar-refractivity contribution is 0.470. The SMILES string of the molecule is Cc1ccccc1/N=C/c1cccc(C)c1O. The first-order valence-corrected chi connectivity index (χ1v) is 5.57. The van der Waals surface area contributed by atoms with E-state index in [1.807, 2.05) is 56.3 Å². The third kappa shape index (κ3) is 2.53. The first-order chi connectivity index (χ1) is 8.18. The molecule has 0 saturated heterocycles. The van der Waals surface area contributed by atoms with Crippen LogP contribution in [0.15, 0.2) is 47.5 Å². The van der Waals surface area contributed by atoms with E-state index in [2.05, 4.69) is 4.99 Å². The first kappa shape index (κ1) is 11.4. The lowest BCUT2D eigenvalue weighted by atomic mass is 10.1.